The van der Waals surface area contributed by atoms with Gasteiger partial charge in [-0.2, -0.15) is 5.10 Å². The molecule has 0 bridgehead atoms. The molecule has 0 unspecified atom stereocenters. The third-order valence-electron chi connectivity index (χ3n) is 3.72. The van der Waals surface area contributed by atoms with Gasteiger partial charge in [0.15, 0.2) is 11.5 Å². The van der Waals surface area contributed by atoms with E-state index in [2.05, 4.69) is 17.5 Å². The Balaban J connectivity index is 2.04. The summed E-state index contributed by atoms with van der Waals surface area (Å²) < 4.78 is 15.9. The first kappa shape index (κ1) is 19.3. The lowest BCUT2D eigenvalue weighted by Crippen LogP contribution is -2.19. The highest BCUT2D eigenvalue weighted by Crippen LogP contribution is 2.27. The zero-order chi connectivity index (χ0) is 18.9. The molecular weight excluding hydrogens is 332 g/mol. The molecular formula is C20H24N2O4. The SMILES string of the molecule is CCCOc1ccc(/C(C)=N/NC(=O)c2ccc(OC)c(OC)c2)cc1. The maximum atomic E-state index is 12.3. The van der Waals surface area contributed by atoms with Gasteiger partial charge in [0.2, 0.25) is 0 Å². The molecule has 6 nitrogen and oxygen atoms in total. The van der Waals surface area contributed by atoms with Gasteiger partial charge in [-0.25, -0.2) is 5.43 Å². The standard InChI is InChI=1S/C20H24N2O4/c1-5-12-26-17-9-6-15(7-10-17)14(2)21-22-20(23)16-8-11-18(24-3)19(13-16)25-4/h6-11,13H,5,12H2,1-4H3,(H,22,23)/b21-14+. The van der Waals surface area contributed by atoms with E-state index in [9.17, 15) is 4.79 Å². The van der Waals surface area contributed by atoms with Crippen molar-refractivity contribution < 1.29 is 19.0 Å². The third kappa shape index (κ3) is 4.99. The zero-order valence-corrected chi connectivity index (χ0v) is 15.5. The van der Waals surface area contributed by atoms with Crippen LogP contribution < -0.4 is 19.6 Å². The molecule has 6 heteroatoms. The normalized spacial score (nSPS) is 11.0. The first-order valence-corrected chi connectivity index (χ1v) is 8.39. The van der Waals surface area contributed by atoms with Gasteiger partial charge in [0.1, 0.15) is 5.75 Å². The topological polar surface area (TPSA) is 69.2 Å². The van der Waals surface area contributed by atoms with Crippen LogP contribution in [-0.4, -0.2) is 32.4 Å². The van der Waals surface area contributed by atoms with Crippen molar-refractivity contribution >= 4 is 11.6 Å². The van der Waals surface area contributed by atoms with Gasteiger partial charge < -0.3 is 14.2 Å². The quantitative estimate of drug-likeness (QED) is 0.579. The maximum absolute atomic E-state index is 12.3. The van der Waals surface area contributed by atoms with Crippen molar-refractivity contribution in [2.45, 2.75) is 20.3 Å². The van der Waals surface area contributed by atoms with E-state index in [1.807, 2.05) is 31.2 Å². The van der Waals surface area contributed by atoms with Crippen molar-refractivity contribution in [3.05, 3.63) is 53.6 Å². The average molecular weight is 356 g/mol. The Morgan fingerprint density at radius 1 is 1.00 bits per heavy atom. The number of hydrogen-bond acceptors (Lipinski definition) is 5. The Labute approximate surface area is 153 Å². The molecule has 138 valence electrons. The number of hydrogen-bond donors (Lipinski definition) is 1. The number of carbonyl (C=O) groups is 1. The van der Waals surface area contributed by atoms with Crippen LogP contribution in [0.1, 0.15) is 36.2 Å². The molecule has 0 saturated carbocycles. The second-order valence-electron chi connectivity index (χ2n) is 5.58. The predicted octanol–water partition coefficient (Wildman–Crippen LogP) is 3.65. The molecule has 26 heavy (non-hydrogen) atoms. The van der Waals surface area contributed by atoms with Crippen molar-refractivity contribution in [3.8, 4) is 17.2 Å². The summed E-state index contributed by atoms with van der Waals surface area (Å²) >= 11 is 0. The van der Waals surface area contributed by atoms with Gasteiger partial charge in [-0.3, -0.25) is 4.79 Å². The second-order valence-corrected chi connectivity index (χ2v) is 5.58. The Morgan fingerprint density at radius 3 is 2.27 bits per heavy atom. The van der Waals surface area contributed by atoms with Crippen LogP contribution in [0.4, 0.5) is 0 Å². The molecule has 0 aliphatic rings. The largest absolute Gasteiger partial charge is 0.494 e. The number of nitrogens with one attached hydrogen (secondary N) is 1. The van der Waals surface area contributed by atoms with E-state index in [4.69, 9.17) is 14.2 Å². The monoisotopic (exact) mass is 356 g/mol. The molecule has 1 amide bonds. The fraction of sp³-hybridized carbons (Fsp3) is 0.300. The first-order chi connectivity index (χ1) is 12.6. The minimum atomic E-state index is -0.326. The molecule has 0 heterocycles. The van der Waals surface area contributed by atoms with E-state index >= 15 is 0 Å². The highest BCUT2D eigenvalue weighted by Gasteiger charge is 2.10. The Morgan fingerprint density at radius 2 is 1.65 bits per heavy atom. The molecule has 0 aromatic heterocycles. The molecule has 0 aliphatic heterocycles. The summed E-state index contributed by atoms with van der Waals surface area (Å²) in [5.74, 6) is 1.54. The number of rotatable bonds is 8. The number of ether oxygens (including phenoxy) is 3. The van der Waals surface area contributed by atoms with Crippen LogP contribution in [-0.2, 0) is 0 Å². The van der Waals surface area contributed by atoms with Crippen LogP contribution in [0.15, 0.2) is 47.6 Å². The highest BCUT2D eigenvalue weighted by atomic mass is 16.5. The van der Waals surface area contributed by atoms with Crippen molar-refractivity contribution in [1.29, 1.82) is 0 Å². The number of amides is 1. The van der Waals surface area contributed by atoms with Gasteiger partial charge in [0.05, 0.1) is 26.5 Å². The van der Waals surface area contributed by atoms with Crippen molar-refractivity contribution in [1.82, 2.24) is 5.43 Å². The van der Waals surface area contributed by atoms with Crippen molar-refractivity contribution in [2.24, 2.45) is 5.10 Å². The summed E-state index contributed by atoms with van der Waals surface area (Å²) in [4.78, 5) is 12.3. The van der Waals surface area contributed by atoms with Gasteiger partial charge in [0.25, 0.3) is 5.91 Å². The smallest absolute Gasteiger partial charge is 0.271 e. The zero-order valence-electron chi connectivity index (χ0n) is 15.5. The lowest BCUT2D eigenvalue weighted by atomic mass is 10.1. The van der Waals surface area contributed by atoms with Crippen LogP contribution >= 0.6 is 0 Å². The third-order valence-corrected chi connectivity index (χ3v) is 3.72. The fourth-order valence-electron chi connectivity index (χ4n) is 2.25. The number of methoxy groups -OCH3 is 2. The summed E-state index contributed by atoms with van der Waals surface area (Å²) in [5.41, 5.74) is 4.59. The Hall–Kier alpha value is -3.02. The predicted molar refractivity (Wildman–Crippen MR) is 101 cm³/mol. The van der Waals surface area contributed by atoms with Gasteiger partial charge in [0, 0.05) is 5.56 Å². The van der Waals surface area contributed by atoms with E-state index in [-0.39, 0.29) is 5.91 Å². The lowest BCUT2D eigenvalue weighted by Gasteiger charge is -2.09. The number of nitrogens with zero attached hydrogens (tertiary/aromatic N) is 1. The first-order valence-electron chi connectivity index (χ1n) is 8.39. The van der Waals surface area contributed by atoms with Crippen molar-refractivity contribution in [2.75, 3.05) is 20.8 Å². The Kier molecular flexibility index (Phi) is 7.02. The van der Waals surface area contributed by atoms with E-state index in [1.165, 1.54) is 7.11 Å². The molecule has 0 fully saturated rings. The molecule has 1 N–H and O–H groups in total. The number of carbonyl (C=O) groups excluding carboxylic acids is 1. The van der Waals surface area contributed by atoms with E-state index < -0.39 is 0 Å². The van der Waals surface area contributed by atoms with Gasteiger partial charge in [-0.1, -0.05) is 6.92 Å². The summed E-state index contributed by atoms with van der Waals surface area (Å²) in [6.07, 6.45) is 0.963. The molecule has 0 aliphatic carbocycles. The minimum Gasteiger partial charge on any atom is -0.494 e. The molecule has 2 rings (SSSR count). The number of hydrazone groups is 1. The van der Waals surface area contributed by atoms with Crippen LogP contribution in [0.2, 0.25) is 0 Å². The van der Waals surface area contributed by atoms with Crippen molar-refractivity contribution in [3.63, 3.8) is 0 Å². The van der Waals surface area contributed by atoms with Gasteiger partial charge in [-0.05, 0) is 61.4 Å². The fourth-order valence-corrected chi connectivity index (χ4v) is 2.25. The van der Waals surface area contributed by atoms with Gasteiger partial charge >= 0.3 is 0 Å². The number of benzene rings is 2. The molecule has 2 aromatic carbocycles. The van der Waals surface area contributed by atoms with E-state index in [1.54, 1.807) is 25.3 Å². The van der Waals surface area contributed by atoms with Crippen LogP contribution in [0.25, 0.3) is 0 Å². The highest BCUT2D eigenvalue weighted by molar-refractivity contribution is 6.01. The van der Waals surface area contributed by atoms with E-state index in [0.717, 1.165) is 17.7 Å². The minimum absolute atomic E-state index is 0.326. The Bertz CT molecular complexity index is 770. The van der Waals surface area contributed by atoms with Crippen LogP contribution in [0.3, 0.4) is 0 Å². The molecule has 0 spiro atoms. The second kappa shape index (κ2) is 9.46. The molecule has 0 saturated heterocycles. The maximum Gasteiger partial charge on any atom is 0.271 e. The van der Waals surface area contributed by atoms with E-state index in [0.29, 0.717) is 29.4 Å². The molecule has 0 radical (unpaired) electrons. The summed E-state index contributed by atoms with van der Waals surface area (Å²) in [7, 11) is 3.07. The van der Waals surface area contributed by atoms with Crippen LogP contribution in [0.5, 0.6) is 17.2 Å². The molecule has 2 aromatic rings. The lowest BCUT2D eigenvalue weighted by molar-refractivity contribution is 0.0954. The summed E-state index contributed by atoms with van der Waals surface area (Å²) in [5, 5.41) is 4.16. The van der Waals surface area contributed by atoms with Gasteiger partial charge in [-0.15, -0.1) is 0 Å². The molecule has 0 atom stereocenters. The average Bonchev–Trinajstić information content (AvgIpc) is 2.69. The summed E-state index contributed by atoms with van der Waals surface area (Å²) in [6.45, 7) is 4.58. The van der Waals surface area contributed by atoms with Crippen LogP contribution in [0, 0.1) is 0 Å². The summed E-state index contributed by atoms with van der Waals surface area (Å²) in [6, 6.07) is 12.5.